The van der Waals surface area contributed by atoms with Crippen LogP contribution in [-0.4, -0.2) is 41.1 Å². The highest BCUT2D eigenvalue weighted by molar-refractivity contribution is 9.10. The minimum absolute atomic E-state index is 0.105. The van der Waals surface area contributed by atoms with Gasteiger partial charge in [-0.3, -0.25) is 19.3 Å². The predicted octanol–water partition coefficient (Wildman–Crippen LogP) is 6.87. The number of thioether (sulfide) groups is 1. The molecule has 4 rings (SSSR count). The van der Waals surface area contributed by atoms with E-state index < -0.39 is 29.6 Å². The van der Waals surface area contributed by atoms with Crippen LogP contribution in [0.25, 0.3) is 17.4 Å². The maximum Gasteiger partial charge on any atom is 0.339 e. The Morgan fingerprint density at radius 2 is 1.89 bits per heavy atom. The summed E-state index contributed by atoms with van der Waals surface area (Å²) in [5.41, 5.74) is 1.20. The third-order valence-electron chi connectivity index (χ3n) is 5.03. The lowest BCUT2D eigenvalue weighted by Crippen LogP contribution is -2.36. The molecule has 3 amide bonds. The Labute approximate surface area is 234 Å². The Balaban J connectivity index is 1.46. The highest BCUT2D eigenvalue weighted by Crippen LogP contribution is 2.34. The summed E-state index contributed by atoms with van der Waals surface area (Å²) in [5.74, 6) is -1.00. The summed E-state index contributed by atoms with van der Waals surface area (Å²) in [6.07, 6.45) is 1.42. The quantitative estimate of drug-likeness (QED) is 0.226. The average molecular weight is 624 g/mol. The molecule has 0 unspecified atom stereocenters. The third-order valence-corrected chi connectivity index (χ3v) is 7.49. The summed E-state index contributed by atoms with van der Waals surface area (Å²) in [4.78, 5) is 50.7. The van der Waals surface area contributed by atoms with Crippen molar-refractivity contribution in [2.45, 2.75) is 6.92 Å². The van der Waals surface area contributed by atoms with Crippen molar-refractivity contribution in [3.8, 4) is 11.3 Å². The van der Waals surface area contributed by atoms with Crippen molar-refractivity contribution >= 4 is 85.7 Å². The maximum atomic E-state index is 12.8. The summed E-state index contributed by atoms with van der Waals surface area (Å²) < 4.78 is 11.5. The largest absolute Gasteiger partial charge is 0.462 e. The summed E-state index contributed by atoms with van der Waals surface area (Å²) >= 11 is 16.1. The number of furan rings is 1. The first kappa shape index (κ1) is 27.0. The number of esters is 1. The lowest BCUT2D eigenvalue weighted by atomic mass is 10.1. The van der Waals surface area contributed by atoms with Crippen LogP contribution in [0.4, 0.5) is 10.5 Å². The van der Waals surface area contributed by atoms with Gasteiger partial charge >= 0.3 is 5.97 Å². The van der Waals surface area contributed by atoms with Crippen LogP contribution in [0.15, 0.2) is 62.3 Å². The van der Waals surface area contributed by atoms with E-state index in [2.05, 4.69) is 21.2 Å². The maximum absolute atomic E-state index is 12.8. The van der Waals surface area contributed by atoms with E-state index >= 15 is 0 Å². The number of carbonyl (C=O) groups is 4. The molecule has 12 heteroatoms. The minimum Gasteiger partial charge on any atom is -0.462 e. The molecule has 1 N–H and O–H groups in total. The van der Waals surface area contributed by atoms with Crippen LogP contribution >= 0.6 is 50.9 Å². The summed E-state index contributed by atoms with van der Waals surface area (Å²) in [7, 11) is 0. The van der Waals surface area contributed by atoms with Gasteiger partial charge in [-0.2, -0.15) is 0 Å². The Bertz CT molecular complexity index is 1450. The Morgan fingerprint density at radius 1 is 1.11 bits per heavy atom. The predicted molar refractivity (Wildman–Crippen MR) is 146 cm³/mol. The number of anilines is 1. The van der Waals surface area contributed by atoms with Gasteiger partial charge in [0.05, 0.1) is 27.1 Å². The van der Waals surface area contributed by atoms with Gasteiger partial charge in [0.25, 0.3) is 11.1 Å². The molecule has 0 saturated carbocycles. The van der Waals surface area contributed by atoms with Gasteiger partial charge in [-0.15, -0.1) is 0 Å². The van der Waals surface area contributed by atoms with Gasteiger partial charge in [0, 0.05) is 21.8 Å². The fourth-order valence-corrected chi connectivity index (χ4v) is 4.75. The van der Waals surface area contributed by atoms with Gasteiger partial charge in [-0.25, -0.2) is 4.79 Å². The van der Waals surface area contributed by atoms with E-state index in [1.165, 1.54) is 6.08 Å². The zero-order valence-electron chi connectivity index (χ0n) is 19.0. The SMILES string of the molecule is CCOC(=O)c1cc(-c2ccc(/C=C3/SC(=O)N(CC(=O)Nc4ccc(Br)c(Cl)c4)C3=O)o2)ccc1Cl. The highest BCUT2D eigenvalue weighted by Gasteiger charge is 2.36. The monoisotopic (exact) mass is 622 g/mol. The summed E-state index contributed by atoms with van der Waals surface area (Å²) in [6.45, 7) is 1.45. The first-order valence-electron chi connectivity index (χ1n) is 10.7. The van der Waals surface area contributed by atoms with Crippen molar-refractivity contribution in [2.75, 3.05) is 18.5 Å². The molecule has 37 heavy (non-hydrogen) atoms. The van der Waals surface area contributed by atoms with Crippen LogP contribution in [0.3, 0.4) is 0 Å². The van der Waals surface area contributed by atoms with Gasteiger partial charge in [0.1, 0.15) is 18.1 Å². The molecule has 1 aromatic heterocycles. The second kappa shape index (κ2) is 11.6. The fraction of sp³-hybridized carbons (Fsp3) is 0.120. The standard InChI is InChI=1S/C25H17BrCl2N2O6S/c1-2-35-24(33)16-9-13(3-7-18(16)27)20-8-5-15(36-20)11-21-23(32)30(25(34)37-21)12-22(31)29-14-4-6-17(26)19(28)10-14/h3-11H,2,12H2,1H3,(H,29,31)/b21-11+. The van der Waals surface area contributed by atoms with Crippen LogP contribution in [0, 0.1) is 0 Å². The van der Waals surface area contributed by atoms with Crippen molar-refractivity contribution in [1.29, 1.82) is 0 Å². The van der Waals surface area contributed by atoms with E-state index in [4.69, 9.17) is 32.4 Å². The van der Waals surface area contributed by atoms with Gasteiger partial charge in [0.15, 0.2) is 0 Å². The number of benzene rings is 2. The fourth-order valence-electron chi connectivity index (χ4n) is 3.31. The molecule has 1 aliphatic rings. The zero-order chi connectivity index (χ0) is 26.7. The minimum atomic E-state index is -0.618. The van der Waals surface area contributed by atoms with E-state index in [0.717, 1.165) is 4.90 Å². The van der Waals surface area contributed by atoms with E-state index in [0.29, 0.717) is 44.0 Å². The van der Waals surface area contributed by atoms with Crippen LogP contribution < -0.4 is 5.32 Å². The average Bonchev–Trinajstić information content (AvgIpc) is 3.42. The number of ether oxygens (including phenoxy) is 1. The number of hydrogen-bond acceptors (Lipinski definition) is 7. The lowest BCUT2D eigenvalue weighted by molar-refractivity contribution is -0.127. The number of rotatable bonds is 7. The number of imide groups is 1. The van der Waals surface area contributed by atoms with Crippen LogP contribution in [0.5, 0.6) is 0 Å². The molecule has 0 aliphatic carbocycles. The Morgan fingerprint density at radius 3 is 2.62 bits per heavy atom. The van der Waals surface area contributed by atoms with Gasteiger partial charge in [0.2, 0.25) is 5.91 Å². The molecule has 2 aromatic carbocycles. The number of carbonyl (C=O) groups excluding carboxylic acids is 4. The third kappa shape index (κ3) is 6.27. The smallest absolute Gasteiger partial charge is 0.339 e. The van der Waals surface area contributed by atoms with Crippen LogP contribution in [0.1, 0.15) is 23.0 Å². The number of nitrogens with zero attached hydrogens (tertiary/aromatic N) is 1. The molecule has 1 fully saturated rings. The van der Waals surface area contributed by atoms with Gasteiger partial charge in [-0.05, 0) is 83.1 Å². The number of hydrogen-bond donors (Lipinski definition) is 1. The number of amides is 3. The van der Waals surface area contributed by atoms with E-state index in [1.54, 1.807) is 55.5 Å². The van der Waals surface area contributed by atoms with Crippen LogP contribution in [0.2, 0.25) is 10.0 Å². The molecule has 3 aromatic rings. The molecule has 1 aliphatic heterocycles. The molecular weight excluding hydrogens is 607 g/mol. The zero-order valence-corrected chi connectivity index (χ0v) is 23.0. The topological polar surface area (TPSA) is 106 Å². The molecule has 0 atom stereocenters. The van der Waals surface area contributed by atoms with E-state index in [9.17, 15) is 19.2 Å². The summed E-state index contributed by atoms with van der Waals surface area (Å²) in [5, 5.41) is 2.68. The molecule has 0 bridgehead atoms. The second-order valence-corrected chi connectivity index (χ2v) is 10.2. The summed E-state index contributed by atoms with van der Waals surface area (Å²) in [6, 6.07) is 12.9. The normalized spacial score (nSPS) is 14.4. The first-order valence-corrected chi connectivity index (χ1v) is 13.1. The van der Waals surface area contributed by atoms with Crippen molar-refractivity contribution in [3.05, 3.63) is 79.3 Å². The molecular formula is C25H17BrCl2N2O6S. The van der Waals surface area contributed by atoms with Gasteiger partial charge in [-0.1, -0.05) is 23.2 Å². The first-order chi connectivity index (χ1) is 17.7. The van der Waals surface area contributed by atoms with Crippen molar-refractivity contribution in [2.24, 2.45) is 0 Å². The number of halogens is 3. The lowest BCUT2D eigenvalue weighted by Gasteiger charge is -2.12. The molecule has 2 heterocycles. The Hall–Kier alpha value is -3.05. The molecule has 8 nitrogen and oxygen atoms in total. The van der Waals surface area contributed by atoms with Crippen LogP contribution in [-0.2, 0) is 14.3 Å². The molecule has 0 radical (unpaired) electrons. The van der Waals surface area contributed by atoms with Gasteiger partial charge < -0.3 is 14.5 Å². The second-order valence-electron chi connectivity index (χ2n) is 7.56. The highest BCUT2D eigenvalue weighted by atomic mass is 79.9. The van der Waals surface area contributed by atoms with Crippen molar-refractivity contribution < 1.29 is 28.3 Å². The van der Waals surface area contributed by atoms with E-state index in [-0.39, 0.29) is 22.1 Å². The number of nitrogens with one attached hydrogen (secondary N) is 1. The molecule has 190 valence electrons. The molecule has 1 saturated heterocycles. The molecule has 0 spiro atoms. The van der Waals surface area contributed by atoms with E-state index in [1.807, 2.05) is 0 Å². The Kier molecular flexibility index (Phi) is 8.43. The van der Waals surface area contributed by atoms with Crippen molar-refractivity contribution in [3.63, 3.8) is 0 Å². The van der Waals surface area contributed by atoms with Crippen molar-refractivity contribution in [1.82, 2.24) is 4.90 Å².